The van der Waals surface area contributed by atoms with E-state index in [1.165, 1.54) is 159 Å². The summed E-state index contributed by atoms with van der Waals surface area (Å²) in [5.74, 6) is 1.82. The van der Waals surface area contributed by atoms with Gasteiger partial charge in [-0.25, -0.2) is 4.79 Å². The van der Waals surface area contributed by atoms with E-state index in [1.807, 2.05) is 47.0 Å². The van der Waals surface area contributed by atoms with Gasteiger partial charge in [-0.3, -0.25) is 4.79 Å². The molecule has 1 aliphatic carbocycles. The largest absolute Gasteiger partial charge is 0.466 e. The van der Waals surface area contributed by atoms with E-state index in [4.69, 9.17) is 14.2 Å². The van der Waals surface area contributed by atoms with Gasteiger partial charge >= 0.3 is 12.1 Å². The predicted molar refractivity (Wildman–Crippen MR) is 536 cm³/mol. The first-order valence-corrected chi connectivity index (χ1v) is 46.3. The monoisotopic (exact) mass is 1690 g/mol. The normalized spacial score (nSPS) is 13.3. The van der Waals surface area contributed by atoms with Crippen LogP contribution in [0.15, 0.2) is 171 Å². The van der Waals surface area contributed by atoms with Gasteiger partial charge in [0.1, 0.15) is 5.60 Å². The highest BCUT2D eigenvalue weighted by atomic mass is 16.6. The van der Waals surface area contributed by atoms with Crippen molar-refractivity contribution in [1.82, 2.24) is 40.2 Å². The number of aryl methyl sites for hydroxylation is 1. The molecule has 0 radical (unpaired) electrons. The van der Waals surface area contributed by atoms with E-state index in [0.717, 1.165) is 54.0 Å². The minimum atomic E-state index is -0.464. The Balaban J connectivity index is 0.000000166. The molecular formula is C112H156N8O5. The van der Waals surface area contributed by atoms with Crippen LogP contribution < -0.4 is 5.32 Å². The van der Waals surface area contributed by atoms with Crippen molar-refractivity contribution in [3.05, 3.63) is 249 Å². The molecule has 7 aromatic carbocycles. The van der Waals surface area contributed by atoms with Gasteiger partial charge in [0, 0.05) is 127 Å². The molecule has 0 bridgehead atoms. The van der Waals surface area contributed by atoms with Gasteiger partial charge in [-0.15, -0.1) is 0 Å². The highest BCUT2D eigenvalue weighted by Crippen LogP contribution is 2.40. The zero-order chi connectivity index (χ0) is 92.1. The van der Waals surface area contributed by atoms with Crippen molar-refractivity contribution in [1.29, 1.82) is 0 Å². The molecule has 1 atom stereocenters. The maximum Gasteiger partial charge on any atom is 0.407 e. The SMILES string of the molecule is CC(C)(C)OC(=O)NCCc1c[nH]c2cc(C(C)(C)C)ccc12.CC(C)(C)c1ccc2c(C3CCCC3)c[nH]c2c1.CC(C)c1c[nH]c2cc(C(C)(C)C)ccc12.CCC(C)c1c[nH]c2cc(C(C)(C)C)ccc12.CCOC(=O)Cc1c[nH]c2cc(C(C)(C)C)ccc12.CCOCCc1c[nH]c2cc(C(C)(C)C)ccc12.Cc1cc2ccc(C(C)(C)C)cc2[nH]1. The molecule has 7 heterocycles. The fourth-order valence-corrected chi connectivity index (χ4v) is 16.1. The van der Waals surface area contributed by atoms with E-state index in [0.29, 0.717) is 31.4 Å². The summed E-state index contributed by atoms with van der Waals surface area (Å²) in [7, 11) is 0. The smallest absolute Gasteiger partial charge is 0.407 e. The van der Waals surface area contributed by atoms with Crippen LogP contribution in [0, 0.1) is 6.92 Å². The first-order chi connectivity index (χ1) is 58.3. The van der Waals surface area contributed by atoms with Crippen LogP contribution in [0.1, 0.15) is 336 Å². The lowest BCUT2D eigenvalue weighted by atomic mass is 9.86. The van der Waals surface area contributed by atoms with E-state index in [1.54, 1.807) is 5.56 Å². The molecule has 125 heavy (non-hydrogen) atoms. The number of fused-ring (bicyclic) bond motifs is 7. The average molecular weight is 1690 g/mol. The third-order valence-corrected chi connectivity index (χ3v) is 24.2. The fourth-order valence-electron chi connectivity index (χ4n) is 16.1. The first kappa shape index (κ1) is 98.8. The van der Waals surface area contributed by atoms with Gasteiger partial charge < -0.3 is 54.4 Å². The molecule has 674 valence electrons. The summed E-state index contributed by atoms with van der Waals surface area (Å²) in [5.41, 5.74) is 28.1. The van der Waals surface area contributed by atoms with Crippen molar-refractivity contribution < 1.29 is 23.8 Å². The number of carbonyl (C=O) groups excluding carboxylic acids is 2. The number of aromatic amines is 7. The summed E-state index contributed by atoms with van der Waals surface area (Å²) in [5, 5.41) is 11.9. The zero-order valence-corrected chi connectivity index (χ0v) is 82.4. The van der Waals surface area contributed by atoms with E-state index >= 15 is 0 Å². The summed E-state index contributed by atoms with van der Waals surface area (Å²) in [6, 6.07) is 49.1. The molecule has 7 aromatic heterocycles. The molecule has 0 spiro atoms. The topological polar surface area (TPSA) is 184 Å². The Hall–Kier alpha value is -9.98. The molecule has 1 aliphatic rings. The number of H-pyrrole nitrogens is 7. The van der Waals surface area contributed by atoms with Gasteiger partial charge in [0.05, 0.1) is 19.6 Å². The van der Waals surface area contributed by atoms with Crippen molar-refractivity contribution in [2.24, 2.45) is 0 Å². The maximum atomic E-state index is 11.7. The number of hydrogen-bond donors (Lipinski definition) is 8. The Morgan fingerprint density at radius 3 is 1.16 bits per heavy atom. The second-order valence-corrected chi connectivity index (χ2v) is 43.3. The zero-order valence-electron chi connectivity index (χ0n) is 82.4. The number of benzene rings is 7. The van der Waals surface area contributed by atoms with Crippen molar-refractivity contribution in [3.63, 3.8) is 0 Å². The van der Waals surface area contributed by atoms with Crippen molar-refractivity contribution >= 4 is 88.4 Å². The number of nitrogens with one attached hydrogen (secondary N) is 8. The molecule has 1 unspecified atom stereocenters. The molecule has 15 rings (SSSR count). The van der Waals surface area contributed by atoms with Crippen LogP contribution in [0.2, 0.25) is 0 Å². The third-order valence-electron chi connectivity index (χ3n) is 24.2. The number of rotatable bonds is 14. The Kier molecular flexibility index (Phi) is 32.6. The summed E-state index contributed by atoms with van der Waals surface area (Å²) >= 11 is 0. The summed E-state index contributed by atoms with van der Waals surface area (Å²) in [4.78, 5) is 46.8. The minimum absolute atomic E-state index is 0.126. The predicted octanol–water partition coefficient (Wildman–Crippen LogP) is 30.6. The Bertz CT molecular complexity index is 5830. The summed E-state index contributed by atoms with van der Waals surface area (Å²) in [6.45, 7) is 70.1. The van der Waals surface area contributed by atoms with Gasteiger partial charge in [0.15, 0.2) is 0 Å². The maximum absolute atomic E-state index is 11.7. The Labute approximate surface area is 750 Å². The summed E-state index contributed by atoms with van der Waals surface area (Å²) < 4.78 is 15.6. The van der Waals surface area contributed by atoms with E-state index < -0.39 is 5.60 Å². The van der Waals surface area contributed by atoms with Crippen LogP contribution in [0.3, 0.4) is 0 Å². The first-order valence-electron chi connectivity index (χ1n) is 46.3. The molecule has 8 N–H and O–H groups in total. The standard InChI is InChI=1S/C19H28N2O2.C17H23N.C16H21NO2.C16H23NO.C16H23N.C15H21N.C13H17N/c1-18(2,3)14-7-8-15-13(12-21-16(15)11-14)9-10-20-17(22)23-19(4,5)6;1-17(2,3)13-8-9-14-15(11-18-16(14)10-13)12-6-4-5-7-12;1-5-19-15(18)8-11-10-17-14-9-12(16(2,3)4)6-7-13(11)14;1-5-18-9-8-12-11-17-15-10-13(16(2,3)4)6-7-14(12)15;1-6-11(2)14-10-17-15-9-12(16(3,4)5)7-8-13(14)15;1-10(2)13-9-16-14-8-11(15(3,4)5)6-7-12(13)14;1-9-7-10-5-6-11(13(2,3)4)8-12(10)14-9/h7-8,11-12,21H,9-10H2,1-6H3,(H,20,22);8-12,18H,4-7H2,1-3H3;6-7,9-10,17H,5,8H2,1-4H3;6-7,10-11,17H,5,8-9H2,1-4H3;7-11,17H,6H2,1-5H3;6-10,16H,1-5H3;5-8,14H,1-4H3. The highest BCUT2D eigenvalue weighted by molar-refractivity contribution is 5.90. The second kappa shape index (κ2) is 41.2. The molecular weight excluding hydrogens is 1540 g/mol. The molecule has 0 saturated heterocycles. The van der Waals surface area contributed by atoms with Crippen LogP contribution in [0.4, 0.5) is 4.79 Å². The third kappa shape index (κ3) is 27.3. The highest BCUT2D eigenvalue weighted by Gasteiger charge is 2.26. The fraction of sp³-hybridized carbons (Fsp3) is 0.482. The number of esters is 1. The number of ether oxygens (including phenoxy) is 3. The molecule has 1 fully saturated rings. The van der Waals surface area contributed by atoms with Gasteiger partial charge in [-0.1, -0.05) is 271 Å². The summed E-state index contributed by atoms with van der Waals surface area (Å²) in [6.07, 6.45) is 21.0. The molecule has 13 heteroatoms. The van der Waals surface area contributed by atoms with Gasteiger partial charge in [0.2, 0.25) is 0 Å². The molecule has 1 saturated carbocycles. The van der Waals surface area contributed by atoms with E-state index in [-0.39, 0.29) is 50.0 Å². The number of aromatic nitrogens is 7. The van der Waals surface area contributed by atoms with Crippen molar-refractivity contribution in [2.75, 3.05) is 26.4 Å². The van der Waals surface area contributed by atoms with Gasteiger partial charge in [0.25, 0.3) is 0 Å². The molecule has 13 nitrogen and oxygen atoms in total. The van der Waals surface area contributed by atoms with Gasteiger partial charge in [-0.2, -0.15) is 0 Å². The van der Waals surface area contributed by atoms with Crippen LogP contribution in [-0.4, -0.2) is 78.9 Å². The molecule has 14 aromatic rings. The van der Waals surface area contributed by atoms with Crippen LogP contribution in [0.25, 0.3) is 76.3 Å². The average Bonchev–Trinajstić information content (AvgIpc) is 1.63. The van der Waals surface area contributed by atoms with Crippen LogP contribution in [0.5, 0.6) is 0 Å². The number of amides is 1. The molecule has 0 aliphatic heterocycles. The van der Waals surface area contributed by atoms with Crippen molar-refractivity contribution in [2.45, 2.75) is 327 Å². The van der Waals surface area contributed by atoms with Crippen LogP contribution >= 0.6 is 0 Å². The Morgan fingerprint density at radius 1 is 0.400 bits per heavy atom. The lowest BCUT2D eigenvalue weighted by Crippen LogP contribution is -2.33. The number of alkyl carbamates (subject to hydrolysis) is 1. The quantitative estimate of drug-likeness (QED) is 0.0397. The molecule has 1 amide bonds. The lowest BCUT2D eigenvalue weighted by Gasteiger charge is -2.19. The lowest BCUT2D eigenvalue weighted by molar-refractivity contribution is -0.142. The van der Waals surface area contributed by atoms with Gasteiger partial charge in [-0.05, 0) is 256 Å². The Morgan fingerprint density at radius 2 is 0.752 bits per heavy atom. The van der Waals surface area contributed by atoms with Crippen molar-refractivity contribution in [3.8, 4) is 0 Å². The second-order valence-electron chi connectivity index (χ2n) is 43.3. The van der Waals surface area contributed by atoms with Crippen LogP contribution in [-0.2, 0) is 76.2 Å². The van der Waals surface area contributed by atoms with E-state index in [9.17, 15) is 9.59 Å². The number of carbonyl (C=O) groups is 2. The number of hydrogen-bond acceptors (Lipinski definition) is 5. The van der Waals surface area contributed by atoms with E-state index in [2.05, 4.69) is 378 Å². The minimum Gasteiger partial charge on any atom is -0.466 e.